The molecule has 6 nitrogen and oxygen atoms in total. The third-order valence-electron chi connectivity index (χ3n) is 6.74. The van der Waals surface area contributed by atoms with Crippen molar-refractivity contribution in [3.8, 4) is 11.3 Å². The van der Waals surface area contributed by atoms with Gasteiger partial charge in [0.05, 0.1) is 11.4 Å². The summed E-state index contributed by atoms with van der Waals surface area (Å²) in [5, 5.41) is 3.01. The van der Waals surface area contributed by atoms with E-state index in [2.05, 4.69) is 46.2 Å². The minimum Gasteiger partial charge on any atom is -0.396 e. The molecular weight excluding hydrogens is 362 g/mol. The highest BCUT2D eigenvalue weighted by Crippen LogP contribution is 2.52. The van der Waals surface area contributed by atoms with Gasteiger partial charge in [-0.1, -0.05) is 29.8 Å². The number of hydrogen-bond donors (Lipinski definition) is 2. The van der Waals surface area contributed by atoms with E-state index in [0.29, 0.717) is 23.3 Å². The smallest absolute Gasteiger partial charge is 0.229 e. The van der Waals surface area contributed by atoms with E-state index in [0.717, 1.165) is 30.3 Å². The number of fused-ring (bicyclic) bond motifs is 1. The normalized spacial score (nSPS) is 26.8. The quantitative estimate of drug-likeness (QED) is 0.818. The number of nitrogens with one attached hydrogen (secondary N) is 1. The van der Waals surface area contributed by atoms with Crippen LogP contribution in [0.3, 0.4) is 0 Å². The average molecular weight is 392 g/mol. The molecule has 0 radical (unpaired) electrons. The fraction of sp³-hybridized carbons (Fsp3) is 0.478. The van der Waals surface area contributed by atoms with Crippen molar-refractivity contribution in [2.24, 2.45) is 23.7 Å². The van der Waals surface area contributed by atoms with Crippen molar-refractivity contribution in [1.29, 1.82) is 0 Å². The molecule has 2 saturated heterocycles. The Morgan fingerprint density at radius 2 is 1.79 bits per heavy atom. The number of anilines is 2. The van der Waals surface area contributed by atoms with Crippen LogP contribution in [0.2, 0.25) is 0 Å². The second-order valence-corrected chi connectivity index (χ2v) is 9.15. The zero-order chi connectivity index (χ0) is 20.1. The Bertz CT molecular complexity index is 909. The number of nitrogens with zero attached hydrogens (tertiary/aromatic N) is 3. The molecule has 3 N–H and O–H groups in total. The van der Waals surface area contributed by atoms with Gasteiger partial charge < -0.3 is 20.9 Å². The molecule has 1 aromatic heterocycles. The van der Waals surface area contributed by atoms with Crippen LogP contribution in [0.15, 0.2) is 36.4 Å². The highest BCUT2D eigenvalue weighted by atomic mass is 16.2. The van der Waals surface area contributed by atoms with Gasteiger partial charge in [0.1, 0.15) is 0 Å². The van der Waals surface area contributed by atoms with E-state index in [-0.39, 0.29) is 11.8 Å². The molecular formula is C23H29N5O. The monoisotopic (exact) mass is 391 g/mol. The molecule has 1 saturated carbocycles. The number of nitrogens with two attached hydrogens (primary N) is 1. The first-order valence-electron chi connectivity index (χ1n) is 10.5. The Hall–Kier alpha value is -2.44. The Morgan fingerprint density at radius 3 is 2.45 bits per heavy atom. The molecule has 3 atom stereocenters. The van der Waals surface area contributed by atoms with Crippen LogP contribution in [0.5, 0.6) is 0 Å². The van der Waals surface area contributed by atoms with Crippen molar-refractivity contribution in [3.05, 3.63) is 42.0 Å². The predicted octanol–water partition coefficient (Wildman–Crippen LogP) is 2.32. The zero-order valence-corrected chi connectivity index (χ0v) is 17.1. The molecule has 29 heavy (non-hydrogen) atoms. The summed E-state index contributed by atoms with van der Waals surface area (Å²) in [7, 11) is 2.17. The standard InChI is InChI=1S/C23H29N5O/c1-14-3-5-16(6-4-14)20-8-7-19(24)22(25-20)26-23(29)21-17-12-28(13-18(17)21)11-15-9-27(2)10-15/h3-8,15,17-18,21H,9-13,24H2,1-2H3,(H,25,26,29)/t17-,18+,21+. The Kier molecular flexibility index (Phi) is 4.56. The van der Waals surface area contributed by atoms with Crippen LogP contribution in [0, 0.1) is 30.6 Å². The van der Waals surface area contributed by atoms with E-state index in [9.17, 15) is 4.79 Å². The van der Waals surface area contributed by atoms with Gasteiger partial charge in [-0.2, -0.15) is 0 Å². The van der Waals surface area contributed by atoms with Crippen LogP contribution >= 0.6 is 0 Å². The predicted molar refractivity (Wildman–Crippen MR) is 115 cm³/mol. The molecule has 6 heteroatoms. The summed E-state index contributed by atoms with van der Waals surface area (Å²) in [6, 6.07) is 11.9. The van der Waals surface area contributed by atoms with Crippen LogP contribution in [0.4, 0.5) is 11.5 Å². The number of amides is 1. The maximum absolute atomic E-state index is 12.8. The van der Waals surface area contributed by atoms with Crippen molar-refractivity contribution < 1.29 is 4.79 Å². The van der Waals surface area contributed by atoms with Crippen molar-refractivity contribution in [2.75, 3.05) is 50.8 Å². The first-order chi connectivity index (χ1) is 14.0. The molecule has 152 valence electrons. The number of aryl methyl sites for hydroxylation is 1. The molecule has 2 aliphatic heterocycles. The minimum absolute atomic E-state index is 0.0725. The number of carbonyl (C=O) groups is 1. The zero-order valence-electron chi connectivity index (χ0n) is 17.1. The van der Waals surface area contributed by atoms with Gasteiger partial charge in [0, 0.05) is 44.2 Å². The molecule has 0 bridgehead atoms. The summed E-state index contributed by atoms with van der Waals surface area (Å²) >= 11 is 0. The minimum atomic E-state index is 0.0725. The lowest BCUT2D eigenvalue weighted by Gasteiger charge is -2.38. The molecule has 3 heterocycles. The van der Waals surface area contributed by atoms with Crippen LogP contribution < -0.4 is 11.1 Å². The van der Waals surface area contributed by atoms with Gasteiger partial charge in [-0.05, 0) is 43.9 Å². The molecule has 3 aliphatic rings. The van der Waals surface area contributed by atoms with Crippen LogP contribution in [0.1, 0.15) is 5.56 Å². The van der Waals surface area contributed by atoms with Crippen molar-refractivity contribution in [3.63, 3.8) is 0 Å². The number of pyridine rings is 1. The second-order valence-electron chi connectivity index (χ2n) is 9.15. The highest BCUT2D eigenvalue weighted by Gasteiger charge is 2.59. The topological polar surface area (TPSA) is 74.5 Å². The van der Waals surface area contributed by atoms with E-state index in [1.54, 1.807) is 0 Å². The first kappa shape index (κ1) is 18.6. The molecule has 3 fully saturated rings. The SMILES string of the molecule is Cc1ccc(-c2ccc(N)c(NC(=O)[C@H]3[C@@H]4CN(CC5CN(C)C5)C[C@@H]43)n2)cc1. The number of nitrogen functional groups attached to an aromatic ring is 1. The summed E-state index contributed by atoms with van der Waals surface area (Å²) in [5.41, 5.74) is 9.65. The van der Waals surface area contributed by atoms with Gasteiger partial charge in [0.15, 0.2) is 5.82 Å². The molecule has 5 rings (SSSR count). The van der Waals surface area contributed by atoms with Gasteiger partial charge in [0.25, 0.3) is 0 Å². The lowest BCUT2D eigenvalue weighted by Crippen LogP contribution is -2.49. The molecule has 1 aliphatic carbocycles. The van der Waals surface area contributed by atoms with Crippen molar-refractivity contribution in [1.82, 2.24) is 14.8 Å². The molecule has 2 aromatic rings. The van der Waals surface area contributed by atoms with Crippen LogP contribution in [0.25, 0.3) is 11.3 Å². The molecule has 0 spiro atoms. The first-order valence-corrected chi connectivity index (χ1v) is 10.5. The number of benzene rings is 1. The summed E-state index contributed by atoms with van der Waals surface area (Å²) in [5.74, 6) is 2.46. The lowest BCUT2D eigenvalue weighted by atomic mass is 10.0. The van der Waals surface area contributed by atoms with Gasteiger partial charge in [-0.15, -0.1) is 0 Å². The number of rotatable bonds is 5. The van der Waals surface area contributed by atoms with E-state index in [4.69, 9.17) is 5.73 Å². The lowest BCUT2D eigenvalue weighted by molar-refractivity contribution is -0.118. The van der Waals surface area contributed by atoms with Crippen LogP contribution in [-0.4, -0.2) is 60.5 Å². The van der Waals surface area contributed by atoms with Gasteiger partial charge in [-0.25, -0.2) is 4.98 Å². The number of hydrogen-bond acceptors (Lipinski definition) is 5. The number of aromatic nitrogens is 1. The third-order valence-corrected chi connectivity index (χ3v) is 6.74. The average Bonchev–Trinajstić information content (AvgIpc) is 3.19. The summed E-state index contributed by atoms with van der Waals surface area (Å²) in [6.07, 6.45) is 0. The summed E-state index contributed by atoms with van der Waals surface area (Å²) < 4.78 is 0. The Morgan fingerprint density at radius 1 is 1.10 bits per heavy atom. The maximum Gasteiger partial charge on any atom is 0.229 e. The largest absolute Gasteiger partial charge is 0.396 e. The van der Waals surface area contributed by atoms with E-state index < -0.39 is 0 Å². The fourth-order valence-corrected chi connectivity index (χ4v) is 5.12. The number of carbonyl (C=O) groups excluding carboxylic acids is 1. The van der Waals surface area contributed by atoms with Crippen molar-refractivity contribution >= 4 is 17.4 Å². The van der Waals surface area contributed by atoms with Gasteiger partial charge in [0.2, 0.25) is 5.91 Å². The number of likely N-dealkylation sites (tertiary alicyclic amines) is 2. The van der Waals surface area contributed by atoms with E-state index in [1.807, 2.05) is 24.3 Å². The molecule has 0 unspecified atom stereocenters. The maximum atomic E-state index is 12.8. The third kappa shape index (κ3) is 3.63. The fourth-order valence-electron chi connectivity index (χ4n) is 5.12. The Balaban J connectivity index is 1.20. The summed E-state index contributed by atoms with van der Waals surface area (Å²) in [4.78, 5) is 22.4. The summed E-state index contributed by atoms with van der Waals surface area (Å²) in [6.45, 7) is 7.75. The van der Waals surface area contributed by atoms with E-state index >= 15 is 0 Å². The van der Waals surface area contributed by atoms with E-state index in [1.165, 1.54) is 25.2 Å². The van der Waals surface area contributed by atoms with Gasteiger partial charge in [-0.3, -0.25) is 4.79 Å². The number of piperidine rings is 1. The van der Waals surface area contributed by atoms with Crippen molar-refractivity contribution in [2.45, 2.75) is 6.92 Å². The Labute approximate surface area is 172 Å². The molecule has 1 amide bonds. The highest BCUT2D eigenvalue weighted by molar-refractivity contribution is 5.96. The molecule has 1 aromatic carbocycles. The van der Waals surface area contributed by atoms with Crippen LogP contribution in [-0.2, 0) is 4.79 Å². The van der Waals surface area contributed by atoms with Gasteiger partial charge >= 0.3 is 0 Å². The second kappa shape index (κ2) is 7.11.